The smallest absolute Gasteiger partial charge is 0.410 e. The monoisotopic (exact) mass is 219 g/mol. The summed E-state index contributed by atoms with van der Waals surface area (Å²) in [6.45, 7) is -1.46. The van der Waals surface area contributed by atoms with Gasteiger partial charge in [0.2, 0.25) is 6.08 Å². The summed E-state index contributed by atoms with van der Waals surface area (Å²) in [7, 11) is 0. The molecule has 0 saturated carbocycles. The highest BCUT2D eigenvalue weighted by molar-refractivity contribution is 5.69. The highest BCUT2D eigenvalue weighted by Gasteiger charge is 2.02. The van der Waals surface area contributed by atoms with Crippen LogP contribution < -0.4 is 10.6 Å². The first-order valence-electron chi connectivity index (χ1n) is 3.66. The third kappa shape index (κ3) is 8.22. The van der Waals surface area contributed by atoms with Crippen LogP contribution >= 0.6 is 0 Å². The number of hydrogen-bond acceptors (Lipinski definition) is 7. The molecule has 0 aromatic rings. The maximum Gasteiger partial charge on any atom is 0.410 e. The van der Waals surface area contributed by atoms with E-state index in [1.807, 2.05) is 0 Å². The van der Waals surface area contributed by atoms with E-state index < -0.39 is 25.7 Å². The Hall–Kier alpha value is -2.12. The summed E-state index contributed by atoms with van der Waals surface area (Å²) in [6.07, 6.45) is -0.609. The van der Waals surface area contributed by atoms with E-state index in [1.165, 1.54) is 6.08 Å². The summed E-state index contributed by atoms with van der Waals surface area (Å²) < 4.78 is 8.37. The van der Waals surface area contributed by atoms with Gasteiger partial charge in [-0.1, -0.05) is 0 Å². The summed E-state index contributed by atoms with van der Waals surface area (Å²) in [6, 6.07) is 0. The van der Waals surface area contributed by atoms with E-state index in [4.69, 9.17) is 5.11 Å². The molecule has 0 aromatic heterocycles. The van der Waals surface area contributed by atoms with Gasteiger partial charge >= 0.3 is 12.2 Å². The largest absolute Gasteiger partial charge is 0.425 e. The number of carbonyl (C=O) groups is 2. The van der Waals surface area contributed by atoms with Crippen LogP contribution in [0.15, 0.2) is 4.99 Å². The molecule has 2 amide bonds. The lowest BCUT2D eigenvalue weighted by atomic mass is 10.9. The van der Waals surface area contributed by atoms with E-state index in [0.717, 1.165) is 0 Å². The molecule has 0 radical (unpaired) electrons. The molecule has 0 unspecified atom stereocenters. The first-order valence-corrected chi connectivity index (χ1v) is 3.66. The molecule has 0 fully saturated rings. The van der Waals surface area contributed by atoms with Crippen molar-refractivity contribution in [3.05, 3.63) is 0 Å². The van der Waals surface area contributed by atoms with E-state index in [0.29, 0.717) is 0 Å². The molecule has 0 atom stereocenters. The van der Waals surface area contributed by atoms with Gasteiger partial charge in [0.05, 0.1) is 6.67 Å². The van der Waals surface area contributed by atoms with Crippen LogP contribution in [-0.2, 0) is 14.3 Å². The predicted molar refractivity (Wildman–Crippen MR) is 44.2 cm³/mol. The summed E-state index contributed by atoms with van der Waals surface area (Å²) in [4.78, 5) is 33.7. The average Bonchev–Trinajstić information content (AvgIpc) is 2.18. The fraction of sp³-hybridized carbons (Fsp3) is 0.500. The number of hydrogen-bond donors (Lipinski definition) is 3. The van der Waals surface area contributed by atoms with Crippen molar-refractivity contribution < 1.29 is 29.0 Å². The minimum Gasteiger partial charge on any atom is -0.425 e. The number of aliphatic imine (C=N–C) groups is 1. The SMILES string of the molecule is O=C=NCOC(=O)NCNC(=O)OCO. The molecule has 0 spiro atoms. The molecule has 9 heteroatoms. The van der Waals surface area contributed by atoms with Gasteiger partial charge in [0.25, 0.3) is 0 Å². The highest BCUT2D eigenvalue weighted by Crippen LogP contribution is 1.77. The summed E-state index contributed by atoms with van der Waals surface area (Å²) >= 11 is 0. The number of nitrogens with one attached hydrogen (secondary N) is 2. The van der Waals surface area contributed by atoms with E-state index in [1.54, 1.807) is 0 Å². The van der Waals surface area contributed by atoms with Crippen molar-refractivity contribution in [2.24, 2.45) is 4.99 Å². The first-order chi connectivity index (χ1) is 7.20. The van der Waals surface area contributed by atoms with Crippen molar-refractivity contribution in [2.75, 3.05) is 20.2 Å². The van der Waals surface area contributed by atoms with Gasteiger partial charge < -0.3 is 25.2 Å². The Bertz CT molecular complexity index is 262. The Kier molecular flexibility index (Phi) is 7.28. The number of aliphatic hydroxyl groups is 1. The Balaban J connectivity index is 3.46. The summed E-state index contributed by atoms with van der Waals surface area (Å²) in [5, 5.41) is 12.3. The zero-order chi connectivity index (χ0) is 11.5. The lowest BCUT2D eigenvalue weighted by Gasteiger charge is -2.05. The van der Waals surface area contributed by atoms with Crippen molar-refractivity contribution >= 4 is 18.3 Å². The second-order valence-electron chi connectivity index (χ2n) is 1.90. The van der Waals surface area contributed by atoms with Crippen LogP contribution in [0.4, 0.5) is 9.59 Å². The standard InChI is InChI=1S/C6H9N3O6/c10-2-7-3-14-5(12)8-1-9-6(13)15-4-11/h11H,1,3-4H2,(H,8,12)(H,9,13). The van der Waals surface area contributed by atoms with Crippen molar-refractivity contribution in [3.8, 4) is 0 Å². The zero-order valence-electron chi connectivity index (χ0n) is 7.56. The minimum atomic E-state index is -0.899. The fourth-order valence-electron chi connectivity index (χ4n) is 0.466. The van der Waals surface area contributed by atoms with Gasteiger partial charge in [0.1, 0.15) is 0 Å². The number of carbonyl (C=O) groups excluding carboxylic acids is 3. The normalized spacial score (nSPS) is 8.33. The Morgan fingerprint density at radius 1 is 1.27 bits per heavy atom. The van der Waals surface area contributed by atoms with Crippen LogP contribution in [0.5, 0.6) is 0 Å². The zero-order valence-corrected chi connectivity index (χ0v) is 7.56. The van der Waals surface area contributed by atoms with Gasteiger partial charge in [-0.15, -0.1) is 0 Å². The number of nitrogens with zero attached hydrogens (tertiary/aromatic N) is 1. The third-order valence-corrected chi connectivity index (χ3v) is 0.986. The van der Waals surface area contributed by atoms with E-state index in [2.05, 4.69) is 25.1 Å². The van der Waals surface area contributed by atoms with Crippen LogP contribution in [-0.4, -0.2) is 43.6 Å². The van der Waals surface area contributed by atoms with Crippen LogP contribution in [0.1, 0.15) is 0 Å². The lowest BCUT2D eigenvalue weighted by Crippen LogP contribution is -2.37. The molecule has 9 nitrogen and oxygen atoms in total. The van der Waals surface area contributed by atoms with Crippen LogP contribution in [0, 0.1) is 0 Å². The van der Waals surface area contributed by atoms with Crippen molar-refractivity contribution in [3.63, 3.8) is 0 Å². The number of isocyanates is 1. The molecule has 0 rings (SSSR count). The molecule has 0 heterocycles. The lowest BCUT2D eigenvalue weighted by molar-refractivity contribution is 0.0441. The molecule has 84 valence electrons. The second-order valence-corrected chi connectivity index (χ2v) is 1.90. The van der Waals surface area contributed by atoms with Gasteiger partial charge in [0, 0.05) is 0 Å². The first kappa shape index (κ1) is 12.9. The van der Waals surface area contributed by atoms with Gasteiger partial charge in [-0.25, -0.2) is 14.4 Å². The molecule has 0 aliphatic heterocycles. The molecular weight excluding hydrogens is 210 g/mol. The van der Waals surface area contributed by atoms with Crippen LogP contribution in [0.3, 0.4) is 0 Å². The number of amides is 2. The average molecular weight is 219 g/mol. The second kappa shape index (κ2) is 8.48. The van der Waals surface area contributed by atoms with E-state index >= 15 is 0 Å². The predicted octanol–water partition coefficient (Wildman–Crippen LogP) is -1.36. The van der Waals surface area contributed by atoms with Crippen LogP contribution in [0.25, 0.3) is 0 Å². The van der Waals surface area contributed by atoms with Gasteiger partial charge in [0.15, 0.2) is 13.5 Å². The number of aliphatic hydroxyl groups excluding tert-OH is 1. The summed E-state index contributed by atoms with van der Waals surface area (Å²) in [5.41, 5.74) is 0. The maximum atomic E-state index is 10.7. The Labute approximate surface area is 84.1 Å². The third-order valence-electron chi connectivity index (χ3n) is 0.986. The highest BCUT2D eigenvalue weighted by atomic mass is 16.6. The molecule has 0 aromatic carbocycles. The molecule has 3 N–H and O–H groups in total. The van der Waals surface area contributed by atoms with Gasteiger partial charge in [-0.3, -0.25) is 0 Å². The molecular formula is C6H9N3O6. The molecule has 15 heavy (non-hydrogen) atoms. The van der Waals surface area contributed by atoms with Gasteiger partial charge in [-0.2, -0.15) is 4.99 Å². The van der Waals surface area contributed by atoms with E-state index in [-0.39, 0.29) is 6.67 Å². The minimum absolute atomic E-state index is 0.248. The maximum absolute atomic E-state index is 10.7. The van der Waals surface area contributed by atoms with Crippen molar-refractivity contribution in [1.29, 1.82) is 0 Å². The summed E-state index contributed by atoms with van der Waals surface area (Å²) in [5.74, 6) is 0. The Morgan fingerprint density at radius 3 is 2.40 bits per heavy atom. The molecule has 0 saturated heterocycles. The fourth-order valence-corrected chi connectivity index (χ4v) is 0.466. The molecule has 0 bridgehead atoms. The molecule has 0 aliphatic carbocycles. The number of alkyl carbamates (subject to hydrolysis) is 2. The molecule has 0 aliphatic rings. The number of rotatable bonds is 5. The van der Waals surface area contributed by atoms with Crippen molar-refractivity contribution in [2.45, 2.75) is 0 Å². The van der Waals surface area contributed by atoms with Crippen molar-refractivity contribution in [1.82, 2.24) is 10.6 Å². The number of ether oxygens (including phenoxy) is 2. The topological polar surface area (TPSA) is 126 Å². The van der Waals surface area contributed by atoms with E-state index in [9.17, 15) is 14.4 Å². The Morgan fingerprint density at radius 2 is 1.87 bits per heavy atom. The quantitative estimate of drug-likeness (QED) is 0.298. The van der Waals surface area contributed by atoms with Gasteiger partial charge in [-0.05, 0) is 0 Å². The van der Waals surface area contributed by atoms with Crippen LogP contribution in [0.2, 0.25) is 0 Å².